The van der Waals surface area contributed by atoms with Crippen molar-refractivity contribution in [2.75, 3.05) is 0 Å². The molecule has 0 N–H and O–H groups in total. The van der Waals surface area contributed by atoms with Gasteiger partial charge in [0.15, 0.2) is 11.9 Å². The minimum absolute atomic E-state index is 0.127. The maximum Gasteiger partial charge on any atom is 0.338 e. The zero-order valence-corrected chi connectivity index (χ0v) is 9.93. The minimum atomic E-state index is -0.703. The van der Waals surface area contributed by atoms with E-state index in [-0.39, 0.29) is 24.1 Å². The van der Waals surface area contributed by atoms with Crippen molar-refractivity contribution in [2.45, 2.75) is 51.3 Å². The molecule has 0 aliphatic carbocycles. The maximum atomic E-state index is 11.7. The van der Waals surface area contributed by atoms with E-state index in [1.807, 2.05) is 20.8 Å². The van der Waals surface area contributed by atoms with Gasteiger partial charge in [-0.25, -0.2) is 4.79 Å². The number of ether oxygens (including phenoxy) is 3. The molecule has 0 bridgehead atoms. The first kappa shape index (κ1) is 11.6. The number of esters is 1. The van der Waals surface area contributed by atoms with Gasteiger partial charge in [0.1, 0.15) is 12.2 Å². The zero-order chi connectivity index (χ0) is 11.9. The number of rotatable bonds is 2. The Morgan fingerprint density at radius 2 is 2.12 bits per heavy atom. The molecule has 0 aromatic carbocycles. The molecule has 4 atom stereocenters. The van der Waals surface area contributed by atoms with E-state index >= 15 is 0 Å². The summed E-state index contributed by atoms with van der Waals surface area (Å²) in [4.78, 5) is 11.7. The fourth-order valence-electron chi connectivity index (χ4n) is 2.32. The quantitative estimate of drug-likeness (QED) is 0.530. The topological polar surface area (TPSA) is 44.8 Å². The molecule has 90 valence electrons. The van der Waals surface area contributed by atoms with Gasteiger partial charge < -0.3 is 14.2 Å². The average molecular weight is 226 g/mol. The molecule has 2 aliphatic rings. The highest BCUT2D eigenvalue weighted by Crippen LogP contribution is 2.38. The molecule has 0 radical (unpaired) electrons. The van der Waals surface area contributed by atoms with Gasteiger partial charge in [-0.05, 0) is 13.8 Å². The fourth-order valence-corrected chi connectivity index (χ4v) is 2.32. The molecule has 4 heteroatoms. The number of hydrogen-bond donors (Lipinski definition) is 0. The van der Waals surface area contributed by atoms with E-state index in [9.17, 15) is 4.79 Å². The van der Waals surface area contributed by atoms with Gasteiger partial charge in [-0.2, -0.15) is 0 Å². The lowest BCUT2D eigenvalue weighted by atomic mass is 9.89. The lowest BCUT2D eigenvalue weighted by Crippen LogP contribution is -2.49. The maximum absolute atomic E-state index is 11.7. The fraction of sp³-hybridized carbons (Fsp3) is 0.750. The van der Waals surface area contributed by atoms with Crippen LogP contribution in [0.5, 0.6) is 0 Å². The third-order valence-corrected chi connectivity index (χ3v) is 3.13. The Hall–Kier alpha value is -0.870. The first-order chi connectivity index (χ1) is 7.44. The predicted octanol–water partition coefficient (Wildman–Crippen LogP) is 1.64. The SMILES string of the molecule is C=CC[C@H]1OC(=O)[C@@H]2OC(C)(C)O[C@@H]2[C@H]1C. The molecular formula is C12H18O4. The predicted molar refractivity (Wildman–Crippen MR) is 57.7 cm³/mol. The van der Waals surface area contributed by atoms with Gasteiger partial charge in [0.2, 0.25) is 0 Å². The molecule has 2 saturated heterocycles. The van der Waals surface area contributed by atoms with E-state index in [4.69, 9.17) is 14.2 Å². The number of hydrogen-bond acceptors (Lipinski definition) is 4. The van der Waals surface area contributed by atoms with Crippen LogP contribution in [0.1, 0.15) is 27.2 Å². The van der Waals surface area contributed by atoms with Crippen molar-refractivity contribution < 1.29 is 19.0 Å². The molecule has 0 aromatic rings. The number of carbonyl (C=O) groups excluding carboxylic acids is 1. The van der Waals surface area contributed by atoms with Crippen molar-refractivity contribution in [2.24, 2.45) is 5.92 Å². The van der Waals surface area contributed by atoms with Crippen molar-refractivity contribution in [1.82, 2.24) is 0 Å². The van der Waals surface area contributed by atoms with Gasteiger partial charge in [-0.15, -0.1) is 6.58 Å². The van der Waals surface area contributed by atoms with Crippen molar-refractivity contribution in [3.63, 3.8) is 0 Å². The van der Waals surface area contributed by atoms with Gasteiger partial charge in [0.05, 0.1) is 0 Å². The summed E-state index contributed by atoms with van der Waals surface area (Å²) in [7, 11) is 0. The average Bonchev–Trinajstić information content (AvgIpc) is 2.51. The van der Waals surface area contributed by atoms with Crippen LogP contribution in [-0.4, -0.2) is 30.1 Å². The second-order valence-electron chi connectivity index (χ2n) is 4.88. The summed E-state index contributed by atoms with van der Waals surface area (Å²) in [5.41, 5.74) is 0. The standard InChI is InChI=1S/C12H18O4/c1-5-6-8-7(2)9-10(11(13)14-8)16-12(3,4)15-9/h5,7-10H,1,6H2,2-4H3/t7-,8+,9+,10+/m0/s1. The molecule has 0 unspecified atom stereocenters. The van der Waals surface area contributed by atoms with E-state index in [2.05, 4.69) is 6.58 Å². The third-order valence-electron chi connectivity index (χ3n) is 3.13. The second kappa shape index (κ2) is 3.86. The van der Waals surface area contributed by atoms with Crippen LogP contribution in [0.15, 0.2) is 12.7 Å². The van der Waals surface area contributed by atoms with E-state index in [1.54, 1.807) is 6.08 Å². The van der Waals surface area contributed by atoms with E-state index in [1.165, 1.54) is 0 Å². The molecule has 0 saturated carbocycles. The van der Waals surface area contributed by atoms with Crippen molar-refractivity contribution in [3.8, 4) is 0 Å². The molecule has 0 spiro atoms. The van der Waals surface area contributed by atoms with Gasteiger partial charge in [-0.1, -0.05) is 13.0 Å². The smallest absolute Gasteiger partial charge is 0.338 e. The van der Waals surface area contributed by atoms with Gasteiger partial charge >= 0.3 is 5.97 Å². The molecule has 2 heterocycles. The summed E-state index contributed by atoms with van der Waals surface area (Å²) in [5.74, 6) is -0.894. The number of cyclic esters (lactones) is 1. The van der Waals surface area contributed by atoms with Crippen molar-refractivity contribution >= 4 is 5.97 Å². The summed E-state index contributed by atoms with van der Waals surface area (Å²) in [6.45, 7) is 9.31. The number of carbonyl (C=O) groups is 1. The van der Waals surface area contributed by atoms with Crippen LogP contribution in [0.4, 0.5) is 0 Å². The summed E-state index contributed by atoms with van der Waals surface area (Å²) in [6, 6.07) is 0. The lowest BCUT2D eigenvalue weighted by Gasteiger charge is -2.34. The first-order valence-electron chi connectivity index (χ1n) is 5.61. The summed E-state index contributed by atoms with van der Waals surface area (Å²) < 4.78 is 16.6. The highest BCUT2D eigenvalue weighted by Gasteiger charge is 2.53. The Kier molecular flexibility index (Phi) is 2.80. The van der Waals surface area contributed by atoms with Gasteiger partial charge in [0, 0.05) is 12.3 Å². The molecule has 16 heavy (non-hydrogen) atoms. The van der Waals surface area contributed by atoms with E-state index in [0.717, 1.165) is 0 Å². The Balaban J connectivity index is 2.17. The molecule has 0 aromatic heterocycles. The number of fused-ring (bicyclic) bond motifs is 1. The van der Waals surface area contributed by atoms with Crippen LogP contribution in [0.2, 0.25) is 0 Å². The zero-order valence-electron chi connectivity index (χ0n) is 9.93. The Morgan fingerprint density at radius 1 is 1.44 bits per heavy atom. The molecule has 2 aliphatic heterocycles. The highest BCUT2D eigenvalue weighted by molar-refractivity contribution is 5.77. The summed E-state index contributed by atoms with van der Waals surface area (Å²) in [5, 5.41) is 0. The van der Waals surface area contributed by atoms with Gasteiger partial charge in [0.25, 0.3) is 0 Å². The Bertz CT molecular complexity index is 310. The normalized spacial score (nSPS) is 41.3. The van der Waals surface area contributed by atoms with Crippen molar-refractivity contribution in [3.05, 3.63) is 12.7 Å². The molecule has 2 rings (SSSR count). The summed E-state index contributed by atoms with van der Waals surface area (Å²) >= 11 is 0. The van der Waals surface area contributed by atoms with E-state index in [0.29, 0.717) is 6.42 Å². The van der Waals surface area contributed by atoms with Crippen LogP contribution < -0.4 is 0 Å². The second-order valence-corrected chi connectivity index (χ2v) is 4.88. The van der Waals surface area contributed by atoms with Gasteiger partial charge in [-0.3, -0.25) is 0 Å². The van der Waals surface area contributed by atoms with Crippen LogP contribution in [0, 0.1) is 5.92 Å². The van der Waals surface area contributed by atoms with Crippen LogP contribution in [-0.2, 0) is 19.0 Å². The third kappa shape index (κ3) is 1.87. The Labute approximate surface area is 95.6 Å². The monoisotopic (exact) mass is 226 g/mol. The van der Waals surface area contributed by atoms with Crippen LogP contribution in [0.25, 0.3) is 0 Å². The minimum Gasteiger partial charge on any atom is -0.460 e. The van der Waals surface area contributed by atoms with Crippen LogP contribution >= 0.6 is 0 Å². The van der Waals surface area contributed by atoms with Crippen molar-refractivity contribution in [1.29, 1.82) is 0 Å². The largest absolute Gasteiger partial charge is 0.460 e. The first-order valence-corrected chi connectivity index (χ1v) is 5.61. The van der Waals surface area contributed by atoms with Crippen LogP contribution in [0.3, 0.4) is 0 Å². The molecule has 0 amide bonds. The lowest BCUT2D eigenvalue weighted by molar-refractivity contribution is -0.177. The molecule has 2 fully saturated rings. The molecule has 4 nitrogen and oxygen atoms in total. The summed E-state index contributed by atoms with van der Waals surface area (Å²) in [6.07, 6.45) is 1.48. The highest BCUT2D eigenvalue weighted by atomic mass is 16.8. The van der Waals surface area contributed by atoms with E-state index < -0.39 is 11.9 Å². The molecular weight excluding hydrogens is 208 g/mol. The Morgan fingerprint density at radius 3 is 2.75 bits per heavy atom.